The van der Waals surface area contributed by atoms with Gasteiger partial charge in [0.25, 0.3) is 0 Å². The van der Waals surface area contributed by atoms with E-state index in [4.69, 9.17) is 11.6 Å². The Hall–Kier alpha value is -2.57. The molecule has 102 valence electrons. The minimum absolute atomic E-state index is 0.547. The fourth-order valence-corrected chi connectivity index (χ4v) is 2.41. The predicted molar refractivity (Wildman–Crippen MR) is 83.8 cm³/mol. The highest BCUT2D eigenvalue weighted by molar-refractivity contribution is 6.30. The SMILES string of the molecule is Cn1c(-c2ccc(Cl)cc2)nc(-c2ccccc2)c1C#N. The Labute approximate surface area is 128 Å². The molecule has 0 amide bonds. The van der Waals surface area contributed by atoms with Crippen LogP contribution in [0.4, 0.5) is 0 Å². The summed E-state index contributed by atoms with van der Waals surface area (Å²) in [5.41, 5.74) is 3.11. The van der Waals surface area contributed by atoms with Gasteiger partial charge >= 0.3 is 0 Å². The Morgan fingerprint density at radius 2 is 1.67 bits per heavy atom. The van der Waals surface area contributed by atoms with Crippen LogP contribution < -0.4 is 0 Å². The lowest BCUT2D eigenvalue weighted by atomic mass is 10.1. The lowest BCUT2D eigenvalue weighted by Gasteiger charge is -2.01. The van der Waals surface area contributed by atoms with Crippen molar-refractivity contribution in [3.63, 3.8) is 0 Å². The summed E-state index contributed by atoms with van der Waals surface area (Å²) in [7, 11) is 1.85. The molecule has 3 aromatic rings. The van der Waals surface area contributed by atoms with E-state index in [9.17, 15) is 5.26 Å². The molecule has 0 aliphatic heterocycles. The number of aromatic nitrogens is 2. The number of imidazole rings is 1. The van der Waals surface area contributed by atoms with Crippen LogP contribution in [0.3, 0.4) is 0 Å². The Morgan fingerprint density at radius 1 is 1.00 bits per heavy atom. The Kier molecular flexibility index (Phi) is 3.47. The molecular weight excluding hydrogens is 282 g/mol. The normalized spacial score (nSPS) is 10.3. The number of halogens is 1. The highest BCUT2D eigenvalue weighted by Gasteiger charge is 2.16. The molecule has 0 atom stereocenters. The zero-order chi connectivity index (χ0) is 14.8. The summed E-state index contributed by atoms with van der Waals surface area (Å²) in [6.45, 7) is 0. The van der Waals surface area contributed by atoms with Crippen LogP contribution in [-0.2, 0) is 7.05 Å². The van der Waals surface area contributed by atoms with E-state index in [0.29, 0.717) is 16.4 Å². The molecule has 0 aliphatic carbocycles. The van der Waals surface area contributed by atoms with Crippen LogP contribution in [0.2, 0.25) is 5.02 Å². The zero-order valence-corrected chi connectivity index (χ0v) is 12.2. The average Bonchev–Trinajstić information content (AvgIpc) is 2.86. The molecule has 0 radical (unpaired) electrons. The second-order valence-corrected chi connectivity index (χ2v) is 5.11. The lowest BCUT2D eigenvalue weighted by Crippen LogP contribution is -1.95. The minimum Gasteiger partial charge on any atom is -0.318 e. The maximum absolute atomic E-state index is 9.43. The molecule has 3 nitrogen and oxygen atoms in total. The molecule has 0 fully saturated rings. The monoisotopic (exact) mass is 293 g/mol. The average molecular weight is 294 g/mol. The second kappa shape index (κ2) is 5.43. The number of benzene rings is 2. The van der Waals surface area contributed by atoms with Crippen LogP contribution in [0.15, 0.2) is 54.6 Å². The molecular formula is C17H12ClN3. The molecule has 3 rings (SSSR count). The molecule has 2 aromatic carbocycles. The van der Waals surface area contributed by atoms with Crippen molar-refractivity contribution in [2.75, 3.05) is 0 Å². The van der Waals surface area contributed by atoms with Crippen LogP contribution in [0.25, 0.3) is 22.6 Å². The van der Waals surface area contributed by atoms with E-state index in [1.165, 1.54) is 0 Å². The van der Waals surface area contributed by atoms with Gasteiger partial charge in [-0.2, -0.15) is 5.26 Å². The Bertz CT molecular complexity index is 812. The van der Waals surface area contributed by atoms with E-state index in [0.717, 1.165) is 17.0 Å². The van der Waals surface area contributed by atoms with Crippen molar-refractivity contribution in [2.24, 2.45) is 7.05 Å². The largest absolute Gasteiger partial charge is 0.318 e. The van der Waals surface area contributed by atoms with Crippen molar-refractivity contribution in [1.82, 2.24) is 9.55 Å². The summed E-state index contributed by atoms with van der Waals surface area (Å²) in [5, 5.41) is 10.1. The summed E-state index contributed by atoms with van der Waals surface area (Å²) >= 11 is 5.92. The van der Waals surface area contributed by atoms with Crippen molar-refractivity contribution < 1.29 is 0 Å². The summed E-state index contributed by atoms with van der Waals surface area (Å²) < 4.78 is 1.81. The van der Waals surface area contributed by atoms with Gasteiger partial charge < -0.3 is 4.57 Å². The molecule has 0 saturated heterocycles. The summed E-state index contributed by atoms with van der Waals surface area (Å²) in [4.78, 5) is 4.65. The smallest absolute Gasteiger partial charge is 0.148 e. The molecule has 0 spiro atoms. The van der Waals surface area contributed by atoms with Crippen LogP contribution >= 0.6 is 11.6 Å². The van der Waals surface area contributed by atoms with Gasteiger partial charge in [-0.05, 0) is 24.3 Å². The molecule has 0 saturated carbocycles. The summed E-state index contributed by atoms with van der Waals surface area (Å²) in [6, 6.07) is 19.4. The molecule has 0 N–H and O–H groups in total. The van der Waals surface area contributed by atoms with E-state index in [2.05, 4.69) is 11.1 Å². The molecule has 4 heteroatoms. The number of hydrogen-bond donors (Lipinski definition) is 0. The molecule has 0 bridgehead atoms. The van der Waals surface area contributed by atoms with Gasteiger partial charge in [0, 0.05) is 23.2 Å². The first kappa shape index (κ1) is 13.4. The van der Waals surface area contributed by atoms with Gasteiger partial charge in [-0.15, -0.1) is 0 Å². The Morgan fingerprint density at radius 3 is 2.29 bits per heavy atom. The zero-order valence-electron chi connectivity index (χ0n) is 11.4. The molecule has 1 heterocycles. The fourth-order valence-electron chi connectivity index (χ4n) is 2.28. The third-order valence-corrected chi connectivity index (χ3v) is 3.60. The van der Waals surface area contributed by atoms with E-state index in [1.807, 2.05) is 66.2 Å². The van der Waals surface area contributed by atoms with Gasteiger partial charge in [-0.25, -0.2) is 4.98 Å². The van der Waals surface area contributed by atoms with Crippen molar-refractivity contribution in [1.29, 1.82) is 5.26 Å². The third kappa shape index (κ3) is 2.42. The molecule has 21 heavy (non-hydrogen) atoms. The van der Waals surface area contributed by atoms with E-state index in [1.54, 1.807) is 0 Å². The maximum Gasteiger partial charge on any atom is 0.148 e. The highest BCUT2D eigenvalue weighted by atomic mass is 35.5. The first-order valence-electron chi connectivity index (χ1n) is 6.49. The maximum atomic E-state index is 9.43. The van der Waals surface area contributed by atoms with Crippen LogP contribution in [0.5, 0.6) is 0 Å². The Balaban J connectivity index is 2.19. The number of rotatable bonds is 2. The first-order chi connectivity index (χ1) is 10.2. The second-order valence-electron chi connectivity index (χ2n) is 4.68. The summed E-state index contributed by atoms with van der Waals surface area (Å²) in [5.74, 6) is 0.752. The van der Waals surface area contributed by atoms with Gasteiger partial charge in [-0.3, -0.25) is 0 Å². The van der Waals surface area contributed by atoms with Gasteiger partial charge in [0.1, 0.15) is 23.3 Å². The van der Waals surface area contributed by atoms with Gasteiger partial charge in [0.15, 0.2) is 0 Å². The van der Waals surface area contributed by atoms with E-state index < -0.39 is 0 Å². The minimum atomic E-state index is 0.547. The van der Waals surface area contributed by atoms with Crippen LogP contribution in [0, 0.1) is 11.3 Å². The third-order valence-electron chi connectivity index (χ3n) is 3.35. The van der Waals surface area contributed by atoms with Gasteiger partial charge in [0.2, 0.25) is 0 Å². The predicted octanol–water partition coefficient (Wildman–Crippen LogP) is 4.28. The van der Waals surface area contributed by atoms with Gasteiger partial charge in [-0.1, -0.05) is 41.9 Å². The van der Waals surface area contributed by atoms with Crippen molar-refractivity contribution in [2.45, 2.75) is 0 Å². The molecule has 0 aliphatic rings. The molecule has 0 unspecified atom stereocenters. The van der Waals surface area contributed by atoms with Crippen molar-refractivity contribution in [3.8, 4) is 28.7 Å². The van der Waals surface area contributed by atoms with Crippen molar-refractivity contribution >= 4 is 11.6 Å². The summed E-state index contributed by atoms with van der Waals surface area (Å²) in [6.07, 6.45) is 0. The topological polar surface area (TPSA) is 41.6 Å². The number of hydrogen-bond acceptors (Lipinski definition) is 2. The molecule has 1 aromatic heterocycles. The van der Waals surface area contributed by atoms with E-state index >= 15 is 0 Å². The number of nitriles is 1. The van der Waals surface area contributed by atoms with Gasteiger partial charge in [0.05, 0.1) is 0 Å². The first-order valence-corrected chi connectivity index (χ1v) is 6.86. The number of nitrogens with zero attached hydrogens (tertiary/aromatic N) is 3. The van der Waals surface area contributed by atoms with Crippen molar-refractivity contribution in [3.05, 3.63) is 65.3 Å². The highest BCUT2D eigenvalue weighted by Crippen LogP contribution is 2.28. The van der Waals surface area contributed by atoms with Crippen LogP contribution in [0.1, 0.15) is 5.69 Å². The fraction of sp³-hybridized carbons (Fsp3) is 0.0588. The lowest BCUT2D eigenvalue weighted by molar-refractivity contribution is 0.908. The van der Waals surface area contributed by atoms with E-state index in [-0.39, 0.29) is 0 Å². The van der Waals surface area contributed by atoms with Crippen LogP contribution in [-0.4, -0.2) is 9.55 Å². The standard InChI is InChI=1S/C17H12ClN3/c1-21-15(11-19)16(12-5-3-2-4-6-12)20-17(21)13-7-9-14(18)10-8-13/h2-10H,1H3. The quantitative estimate of drug-likeness (QED) is 0.707.